The summed E-state index contributed by atoms with van der Waals surface area (Å²) >= 11 is 0. The van der Waals surface area contributed by atoms with Crippen molar-refractivity contribution in [3.8, 4) is 0 Å². The van der Waals surface area contributed by atoms with Crippen molar-refractivity contribution in [3.05, 3.63) is 0 Å². The third-order valence-corrected chi connectivity index (χ3v) is 2.25. The van der Waals surface area contributed by atoms with Crippen molar-refractivity contribution in [3.63, 3.8) is 0 Å². The van der Waals surface area contributed by atoms with Gasteiger partial charge in [0.25, 0.3) is 0 Å². The molecule has 2 heterocycles. The summed E-state index contributed by atoms with van der Waals surface area (Å²) in [7, 11) is 0. The third kappa shape index (κ3) is 1.46. The van der Waals surface area contributed by atoms with Crippen LogP contribution in [0.25, 0.3) is 0 Å². The molecule has 0 aliphatic carbocycles. The van der Waals surface area contributed by atoms with Gasteiger partial charge in [-0.05, 0) is 13.8 Å². The van der Waals surface area contributed by atoms with E-state index in [1.165, 1.54) is 0 Å². The summed E-state index contributed by atoms with van der Waals surface area (Å²) in [6, 6.07) is 0. The zero-order valence-electron chi connectivity index (χ0n) is 7.57. The number of fused-ring (bicyclic) bond motifs is 1. The fourth-order valence-electron chi connectivity index (χ4n) is 1.68. The van der Waals surface area contributed by atoms with E-state index in [1.54, 1.807) is 13.8 Å². The first-order chi connectivity index (χ1) is 6.03. The van der Waals surface area contributed by atoms with Gasteiger partial charge in [0.05, 0.1) is 6.61 Å². The first-order valence-corrected chi connectivity index (χ1v) is 4.29. The Morgan fingerprint density at radius 1 is 1.38 bits per heavy atom. The average Bonchev–Trinajstić information content (AvgIpc) is 2.47. The molecule has 5 heteroatoms. The van der Waals surface area contributed by atoms with Gasteiger partial charge in [-0.2, -0.15) is 0 Å². The molecule has 0 amide bonds. The van der Waals surface area contributed by atoms with Crippen LogP contribution < -0.4 is 0 Å². The molecule has 13 heavy (non-hydrogen) atoms. The first kappa shape index (κ1) is 9.33. The number of ether oxygens (including phenoxy) is 3. The molecule has 0 saturated carbocycles. The normalized spacial score (nSPS) is 48.0. The van der Waals surface area contributed by atoms with Crippen LogP contribution in [0.4, 0.5) is 4.39 Å². The van der Waals surface area contributed by atoms with Crippen LogP contribution in [-0.2, 0) is 14.2 Å². The minimum absolute atomic E-state index is 0.346. The van der Waals surface area contributed by atoms with Crippen molar-refractivity contribution in [1.29, 1.82) is 0 Å². The molecule has 1 N–H and O–H groups in total. The summed E-state index contributed by atoms with van der Waals surface area (Å²) in [6.45, 7) is 3.06. The maximum Gasteiger partial charge on any atom is 0.190 e. The molecule has 0 radical (unpaired) electrons. The number of alkyl halides is 1. The Bertz CT molecular complexity index is 208. The Balaban J connectivity index is 2.07. The highest BCUT2D eigenvalue weighted by Crippen LogP contribution is 2.38. The van der Waals surface area contributed by atoms with Crippen LogP contribution in [0.15, 0.2) is 0 Å². The Hall–Kier alpha value is -0.230. The highest BCUT2D eigenvalue weighted by Gasteiger charge is 2.54. The van der Waals surface area contributed by atoms with Crippen LogP contribution in [0.3, 0.4) is 0 Å². The molecule has 76 valence electrons. The van der Waals surface area contributed by atoms with E-state index in [1.807, 2.05) is 0 Å². The fraction of sp³-hybridized carbons (Fsp3) is 1.00. The number of halogens is 1. The van der Waals surface area contributed by atoms with Crippen molar-refractivity contribution >= 4 is 0 Å². The van der Waals surface area contributed by atoms with Crippen molar-refractivity contribution in [2.45, 2.75) is 44.3 Å². The van der Waals surface area contributed by atoms with E-state index in [-0.39, 0.29) is 6.61 Å². The molecule has 0 spiro atoms. The predicted molar refractivity (Wildman–Crippen MR) is 40.7 cm³/mol. The maximum atomic E-state index is 13.4. The predicted octanol–water partition coefficient (Wildman–Crippen LogP) is 0.193. The molecule has 0 bridgehead atoms. The molecular formula is C8H13FO4. The molecule has 2 aliphatic rings. The number of aliphatic hydroxyl groups is 1. The van der Waals surface area contributed by atoms with Crippen LogP contribution in [0, 0.1) is 0 Å². The standard InChI is InChI=1S/C8H13FO4/c1-8(2)12-6-5(9)4(3-10)11-7(6)13-8/h4-7,10H,3H2,1-2H3/t4-,5-,6?,7-/m1/s1. The number of hydrogen-bond acceptors (Lipinski definition) is 4. The van der Waals surface area contributed by atoms with E-state index >= 15 is 0 Å². The number of aliphatic hydroxyl groups excluding tert-OH is 1. The Labute approximate surface area is 75.6 Å². The molecule has 2 fully saturated rings. The lowest BCUT2D eigenvalue weighted by atomic mass is 10.2. The van der Waals surface area contributed by atoms with Crippen LogP contribution in [-0.4, -0.2) is 42.2 Å². The lowest BCUT2D eigenvalue weighted by molar-refractivity contribution is -0.214. The van der Waals surface area contributed by atoms with Gasteiger partial charge in [0.15, 0.2) is 18.2 Å². The zero-order chi connectivity index (χ0) is 9.64. The SMILES string of the molecule is CC1(C)OC2[C@H](O[C@H](CO)[C@H]2F)O1. The maximum absolute atomic E-state index is 13.4. The number of rotatable bonds is 1. The average molecular weight is 192 g/mol. The van der Waals surface area contributed by atoms with Crippen LogP contribution in [0.5, 0.6) is 0 Å². The second kappa shape index (κ2) is 2.88. The Morgan fingerprint density at radius 2 is 2.08 bits per heavy atom. The van der Waals surface area contributed by atoms with Gasteiger partial charge < -0.3 is 19.3 Å². The summed E-state index contributed by atoms with van der Waals surface area (Å²) < 4.78 is 29.1. The highest BCUT2D eigenvalue weighted by molar-refractivity contribution is 4.92. The topological polar surface area (TPSA) is 47.9 Å². The van der Waals surface area contributed by atoms with Crippen molar-refractivity contribution in [1.82, 2.24) is 0 Å². The van der Waals surface area contributed by atoms with Gasteiger partial charge in [-0.3, -0.25) is 0 Å². The largest absolute Gasteiger partial charge is 0.394 e. The van der Waals surface area contributed by atoms with Gasteiger partial charge >= 0.3 is 0 Å². The second-order valence-corrected chi connectivity index (χ2v) is 3.77. The lowest BCUT2D eigenvalue weighted by Crippen LogP contribution is -2.33. The van der Waals surface area contributed by atoms with E-state index in [0.717, 1.165) is 0 Å². The molecule has 4 nitrogen and oxygen atoms in total. The molecule has 0 aromatic rings. The summed E-state index contributed by atoms with van der Waals surface area (Å²) in [5.74, 6) is -0.792. The van der Waals surface area contributed by atoms with E-state index in [0.29, 0.717) is 0 Å². The lowest BCUT2D eigenvalue weighted by Gasteiger charge is -2.20. The van der Waals surface area contributed by atoms with Crippen molar-refractivity contribution in [2.24, 2.45) is 0 Å². The van der Waals surface area contributed by atoms with E-state index in [2.05, 4.69) is 0 Å². The minimum atomic E-state index is -1.31. The fourth-order valence-corrected chi connectivity index (χ4v) is 1.68. The smallest absolute Gasteiger partial charge is 0.190 e. The minimum Gasteiger partial charge on any atom is -0.394 e. The summed E-state index contributed by atoms with van der Waals surface area (Å²) in [5.41, 5.74) is 0. The Morgan fingerprint density at radius 3 is 2.62 bits per heavy atom. The summed E-state index contributed by atoms with van der Waals surface area (Å²) in [5, 5.41) is 8.75. The molecule has 1 unspecified atom stereocenters. The molecule has 2 rings (SSSR count). The third-order valence-electron chi connectivity index (χ3n) is 2.25. The monoisotopic (exact) mass is 192 g/mol. The van der Waals surface area contributed by atoms with Gasteiger partial charge in [0.2, 0.25) is 0 Å². The summed E-state index contributed by atoms with van der Waals surface area (Å²) in [6.07, 6.45) is -3.50. The molecule has 4 atom stereocenters. The van der Waals surface area contributed by atoms with Gasteiger partial charge in [-0.25, -0.2) is 4.39 Å². The van der Waals surface area contributed by atoms with E-state index < -0.39 is 30.5 Å². The van der Waals surface area contributed by atoms with Crippen LogP contribution in [0.2, 0.25) is 0 Å². The highest BCUT2D eigenvalue weighted by atomic mass is 19.1. The van der Waals surface area contributed by atoms with Crippen LogP contribution in [0.1, 0.15) is 13.8 Å². The van der Waals surface area contributed by atoms with Gasteiger partial charge in [-0.1, -0.05) is 0 Å². The van der Waals surface area contributed by atoms with Crippen molar-refractivity contribution < 1.29 is 23.7 Å². The summed E-state index contributed by atoms with van der Waals surface area (Å²) in [4.78, 5) is 0. The molecule has 0 aromatic heterocycles. The second-order valence-electron chi connectivity index (χ2n) is 3.77. The molecule has 2 saturated heterocycles. The number of hydrogen-bond donors (Lipinski definition) is 1. The van der Waals surface area contributed by atoms with E-state index in [9.17, 15) is 4.39 Å². The molecule has 0 aromatic carbocycles. The quantitative estimate of drug-likeness (QED) is 0.644. The van der Waals surface area contributed by atoms with Gasteiger partial charge in [0, 0.05) is 0 Å². The molecule has 2 aliphatic heterocycles. The van der Waals surface area contributed by atoms with Crippen LogP contribution >= 0.6 is 0 Å². The Kier molecular flexibility index (Phi) is 2.07. The van der Waals surface area contributed by atoms with Gasteiger partial charge in [0.1, 0.15) is 12.2 Å². The van der Waals surface area contributed by atoms with E-state index in [4.69, 9.17) is 19.3 Å². The van der Waals surface area contributed by atoms with Crippen molar-refractivity contribution in [2.75, 3.05) is 6.61 Å². The van der Waals surface area contributed by atoms with Gasteiger partial charge in [-0.15, -0.1) is 0 Å². The molecular weight excluding hydrogens is 179 g/mol. The zero-order valence-corrected chi connectivity index (χ0v) is 7.57. The first-order valence-electron chi connectivity index (χ1n) is 4.29.